The standard InChI is InChI=1S/C14H8BrCl2NO2S/c15-11-8-18(14-10(11)6-7-12(16)13(14)17)21(19,20)9-4-2-1-3-5-9/h1-8H. The van der Waals surface area contributed by atoms with Gasteiger partial charge in [0, 0.05) is 16.1 Å². The average Bonchev–Trinajstić information content (AvgIpc) is 2.82. The quantitative estimate of drug-likeness (QED) is 0.606. The molecule has 0 aliphatic heterocycles. The molecule has 3 nitrogen and oxygen atoms in total. The second-order valence-electron chi connectivity index (χ2n) is 4.35. The van der Waals surface area contributed by atoms with E-state index in [1.165, 1.54) is 18.3 Å². The Morgan fingerprint density at radius 2 is 1.67 bits per heavy atom. The first-order valence-corrected chi connectivity index (χ1v) is 8.87. The van der Waals surface area contributed by atoms with E-state index in [1.807, 2.05) is 0 Å². The Morgan fingerprint density at radius 3 is 2.33 bits per heavy atom. The fraction of sp³-hybridized carbons (Fsp3) is 0. The van der Waals surface area contributed by atoms with Gasteiger partial charge in [0.05, 0.1) is 20.5 Å². The van der Waals surface area contributed by atoms with Gasteiger partial charge in [-0.1, -0.05) is 47.5 Å². The van der Waals surface area contributed by atoms with Gasteiger partial charge >= 0.3 is 0 Å². The Morgan fingerprint density at radius 1 is 1.00 bits per heavy atom. The Kier molecular flexibility index (Phi) is 3.78. The van der Waals surface area contributed by atoms with Crippen molar-refractivity contribution in [2.45, 2.75) is 4.90 Å². The van der Waals surface area contributed by atoms with Crippen molar-refractivity contribution in [3.05, 3.63) is 63.2 Å². The van der Waals surface area contributed by atoms with E-state index in [1.54, 1.807) is 30.3 Å². The van der Waals surface area contributed by atoms with Crippen molar-refractivity contribution >= 4 is 60.1 Å². The summed E-state index contributed by atoms with van der Waals surface area (Å²) in [5.74, 6) is 0. The first-order chi connectivity index (χ1) is 9.93. The number of benzene rings is 2. The highest BCUT2D eigenvalue weighted by Gasteiger charge is 2.22. The van der Waals surface area contributed by atoms with Gasteiger partial charge in [0.15, 0.2) is 0 Å². The molecule has 2 aromatic carbocycles. The summed E-state index contributed by atoms with van der Waals surface area (Å²) in [5.41, 5.74) is 0.361. The molecule has 0 amide bonds. The first kappa shape index (κ1) is 14.9. The van der Waals surface area contributed by atoms with Gasteiger partial charge in [-0.05, 0) is 34.1 Å². The van der Waals surface area contributed by atoms with E-state index >= 15 is 0 Å². The molecule has 108 valence electrons. The second kappa shape index (κ2) is 5.32. The van der Waals surface area contributed by atoms with E-state index in [-0.39, 0.29) is 9.92 Å². The van der Waals surface area contributed by atoms with Gasteiger partial charge in [0.2, 0.25) is 0 Å². The molecular formula is C14H8BrCl2NO2S. The summed E-state index contributed by atoms with van der Waals surface area (Å²) in [6.07, 6.45) is 1.48. The van der Waals surface area contributed by atoms with Gasteiger partial charge in [0.25, 0.3) is 10.0 Å². The summed E-state index contributed by atoms with van der Waals surface area (Å²) in [7, 11) is -3.74. The number of halogens is 3. The summed E-state index contributed by atoms with van der Waals surface area (Å²) < 4.78 is 27.3. The predicted octanol–water partition coefficient (Wildman–Crippen LogP) is 4.95. The van der Waals surface area contributed by atoms with Gasteiger partial charge in [-0.15, -0.1) is 0 Å². The van der Waals surface area contributed by atoms with Crippen LogP contribution in [0.3, 0.4) is 0 Å². The summed E-state index contributed by atoms with van der Waals surface area (Å²) >= 11 is 15.6. The fourth-order valence-electron chi connectivity index (χ4n) is 2.08. The zero-order valence-corrected chi connectivity index (χ0v) is 14.3. The molecule has 0 saturated heterocycles. The molecule has 7 heteroatoms. The Bertz CT molecular complexity index is 937. The Balaban J connectivity index is 2.39. The maximum atomic E-state index is 12.8. The van der Waals surface area contributed by atoms with Gasteiger partial charge in [-0.25, -0.2) is 12.4 Å². The molecule has 0 spiro atoms. The number of hydrogen-bond acceptors (Lipinski definition) is 2. The highest BCUT2D eigenvalue weighted by atomic mass is 79.9. The minimum Gasteiger partial charge on any atom is -0.238 e. The maximum Gasteiger partial charge on any atom is 0.268 e. The molecule has 0 atom stereocenters. The Labute approximate surface area is 140 Å². The van der Waals surface area contributed by atoms with Crippen LogP contribution < -0.4 is 0 Å². The molecule has 0 aliphatic carbocycles. The highest BCUT2D eigenvalue weighted by molar-refractivity contribution is 9.10. The van der Waals surface area contributed by atoms with Crippen molar-refractivity contribution in [1.82, 2.24) is 3.97 Å². The van der Waals surface area contributed by atoms with Crippen LogP contribution in [0.2, 0.25) is 10.0 Å². The molecule has 0 bridgehead atoms. The molecule has 3 rings (SSSR count). The topological polar surface area (TPSA) is 39.1 Å². The van der Waals surface area contributed by atoms with Crippen LogP contribution in [-0.2, 0) is 10.0 Å². The monoisotopic (exact) mass is 403 g/mol. The number of nitrogens with zero attached hydrogens (tertiary/aromatic N) is 1. The fourth-order valence-corrected chi connectivity index (χ4v) is 4.60. The molecule has 0 N–H and O–H groups in total. The lowest BCUT2D eigenvalue weighted by atomic mass is 10.2. The molecule has 0 fully saturated rings. The molecule has 1 heterocycles. The van der Waals surface area contributed by atoms with E-state index in [4.69, 9.17) is 23.2 Å². The normalized spacial score (nSPS) is 12.0. The maximum absolute atomic E-state index is 12.8. The number of rotatable bonds is 2. The average molecular weight is 405 g/mol. The summed E-state index contributed by atoms with van der Waals surface area (Å²) in [6, 6.07) is 11.5. The molecule has 0 unspecified atom stereocenters. The van der Waals surface area contributed by atoms with Crippen molar-refractivity contribution in [2.24, 2.45) is 0 Å². The van der Waals surface area contributed by atoms with Crippen LogP contribution in [-0.4, -0.2) is 12.4 Å². The smallest absolute Gasteiger partial charge is 0.238 e. The van der Waals surface area contributed by atoms with Crippen molar-refractivity contribution in [3.8, 4) is 0 Å². The molecule has 3 aromatic rings. The third-order valence-corrected chi connectivity index (χ3v) is 6.18. The SMILES string of the molecule is O=S(=O)(c1ccccc1)n1cc(Br)c2ccc(Cl)c(Cl)c21. The van der Waals surface area contributed by atoms with Crippen molar-refractivity contribution < 1.29 is 8.42 Å². The zero-order valence-electron chi connectivity index (χ0n) is 10.4. The lowest BCUT2D eigenvalue weighted by molar-refractivity contribution is 0.589. The third kappa shape index (κ3) is 2.38. The largest absolute Gasteiger partial charge is 0.268 e. The number of aromatic nitrogens is 1. The van der Waals surface area contributed by atoms with Crippen LogP contribution in [0.5, 0.6) is 0 Å². The van der Waals surface area contributed by atoms with Crippen LogP contribution in [0.1, 0.15) is 0 Å². The van der Waals surface area contributed by atoms with Gasteiger partial charge < -0.3 is 0 Å². The van der Waals surface area contributed by atoms with E-state index < -0.39 is 10.0 Å². The van der Waals surface area contributed by atoms with Crippen LogP contribution in [0, 0.1) is 0 Å². The lowest BCUT2D eigenvalue weighted by Crippen LogP contribution is -2.11. The molecule has 0 radical (unpaired) electrons. The molecule has 1 aromatic heterocycles. The van der Waals surface area contributed by atoms with Gasteiger partial charge in [0.1, 0.15) is 0 Å². The van der Waals surface area contributed by atoms with Crippen molar-refractivity contribution in [2.75, 3.05) is 0 Å². The van der Waals surface area contributed by atoms with E-state index in [0.717, 1.165) is 3.97 Å². The molecule has 0 aliphatic rings. The summed E-state index contributed by atoms with van der Waals surface area (Å²) in [4.78, 5) is 0.186. The minimum absolute atomic E-state index is 0.186. The van der Waals surface area contributed by atoms with Crippen molar-refractivity contribution in [1.29, 1.82) is 0 Å². The number of hydrogen-bond donors (Lipinski definition) is 0. The van der Waals surface area contributed by atoms with Crippen LogP contribution >= 0.6 is 39.1 Å². The number of fused-ring (bicyclic) bond motifs is 1. The van der Waals surface area contributed by atoms with E-state index in [0.29, 0.717) is 20.4 Å². The predicted molar refractivity (Wildman–Crippen MR) is 88.7 cm³/mol. The summed E-state index contributed by atoms with van der Waals surface area (Å²) in [5, 5.41) is 1.20. The summed E-state index contributed by atoms with van der Waals surface area (Å²) in [6.45, 7) is 0. The van der Waals surface area contributed by atoms with Gasteiger partial charge in [-0.3, -0.25) is 0 Å². The van der Waals surface area contributed by atoms with Crippen LogP contribution in [0.15, 0.2) is 58.0 Å². The van der Waals surface area contributed by atoms with Crippen molar-refractivity contribution in [3.63, 3.8) is 0 Å². The van der Waals surface area contributed by atoms with E-state index in [2.05, 4.69) is 15.9 Å². The van der Waals surface area contributed by atoms with Gasteiger partial charge in [-0.2, -0.15) is 0 Å². The molecular weight excluding hydrogens is 397 g/mol. The first-order valence-electron chi connectivity index (χ1n) is 5.88. The minimum atomic E-state index is -3.74. The van der Waals surface area contributed by atoms with Crippen LogP contribution in [0.25, 0.3) is 10.9 Å². The van der Waals surface area contributed by atoms with Crippen LogP contribution in [0.4, 0.5) is 0 Å². The molecule has 21 heavy (non-hydrogen) atoms. The molecule has 0 saturated carbocycles. The zero-order chi connectivity index (χ0) is 15.2. The second-order valence-corrected chi connectivity index (χ2v) is 7.80. The lowest BCUT2D eigenvalue weighted by Gasteiger charge is -2.08. The Hall–Kier alpha value is -1.01. The highest BCUT2D eigenvalue weighted by Crippen LogP contribution is 2.37. The third-order valence-electron chi connectivity index (χ3n) is 3.08. The van der Waals surface area contributed by atoms with E-state index in [9.17, 15) is 8.42 Å².